The quantitative estimate of drug-likeness (QED) is 0.734. The van der Waals surface area contributed by atoms with Gasteiger partial charge in [-0.3, -0.25) is 9.69 Å². The van der Waals surface area contributed by atoms with Crippen LogP contribution >= 0.6 is 0 Å². The average Bonchev–Trinajstić information content (AvgIpc) is 2.35. The predicted molar refractivity (Wildman–Crippen MR) is 66.3 cm³/mol. The Balaban J connectivity index is 2.87. The zero-order chi connectivity index (χ0) is 12.8. The van der Waals surface area contributed by atoms with E-state index in [1.54, 1.807) is 13.0 Å². The topological polar surface area (TPSA) is 60.8 Å². The van der Waals surface area contributed by atoms with Crippen LogP contribution in [0, 0.1) is 0 Å². The van der Waals surface area contributed by atoms with Crippen molar-refractivity contribution >= 4 is 12.0 Å². The Morgan fingerprint density at radius 2 is 2.18 bits per heavy atom. The molecule has 0 amide bonds. The van der Waals surface area contributed by atoms with Crippen molar-refractivity contribution in [1.82, 2.24) is 4.90 Å². The molecule has 0 fully saturated rings. The van der Waals surface area contributed by atoms with Crippen LogP contribution in [-0.2, 0) is 11.3 Å². The van der Waals surface area contributed by atoms with Crippen LogP contribution in [0.3, 0.4) is 0 Å². The molecule has 1 aromatic rings. The Bertz CT molecular complexity index is 403. The van der Waals surface area contributed by atoms with Crippen LogP contribution in [0.4, 0.5) is 0 Å². The first-order valence-electron chi connectivity index (χ1n) is 5.38. The second-order valence-electron chi connectivity index (χ2n) is 3.81. The number of carbonyl (C=O) groups is 1. The summed E-state index contributed by atoms with van der Waals surface area (Å²) in [4.78, 5) is 12.3. The Labute approximate surface area is 101 Å². The van der Waals surface area contributed by atoms with Gasteiger partial charge in [-0.2, -0.15) is 0 Å². The molecule has 0 spiro atoms. The first kappa shape index (κ1) is 13.4. The van der Waals surface area contributed by atoms with Crippen molar-refractivity contribution < 1.29 is 15.0 Å². The van der Waals surface area contributed by atoms with Crippen LogP contribution in [0.2, 0.25) is 0 Å². The van der Waals surface area contributed by atoms with E-state index in [1.165, 1.54) is 4.90 Å². The largest absolute Gasteiger partial charge is 0.480 e. The van der Waals surface area contributed by atoms with Gasteiger partial charge in [0.05, 0.1) is 6.73 Å². The highest BCUT2D eigenvalue weighted by Crippen LogP contribution is 2.14. The Morgan fingerprint density at radius 3 is 2.71 bits per heavy atom. The van der Waals surface area contributed by atoms with Crippen molar-refractivity contribution in [2.24, 2.45) is 0 Å². The number of aliphatic hydroxyl groups is 1. The molecule has 2 N–H and O–H groups in total. The molecule has 4 nitrogen and oxygen atoms in total. The van der Waals surface area contributed by atoms with E-state index in [2.05, 4.69) is 6.58 Å². The third kappa shape index (κ3) is 3.41. The SMILES string of the molecule is C=Cc1ccccc1CN(CO)C(C)C(=O)O. The van der Waals surface area contributed by atoms with E-state index in [0.29, 0.717) is 6.54 Å². The summed E-state index contributed by atoms with van der Waals surface area (Å²) in [5.74, 6) is -0.949. The van der Waals surface area contributed by atoms with Gasteiger partial charge in [-0.1, -0.05) is 36.9 Å². The maximum atomic E-state index is 10.9. The van der Waals surface area contributed by atoms with E-state index in [9.17, 15) is 9.90 Å². The fourth-order valence-corrected chi connectivity index (χ4v) is 1.56. The third-order valence-corrected chi connectivity index (χ3v) is 2.74. The number of benzene rings is 1. The molecule has 0 aliphatic heterocycles. The zero-order valence-corrected chi connectivity index (χ0v) is 9.84. The number of rotatable bonds is 6. The molecule has 17 heavy (non-hydrogen) atoms. The van der Waals surface area contributed by atoms with Gasteiger partial charge in [-0.25, -0.2) is 0 Å². The fraction of sp³-hybridized carbons (Fsp3) is 0.308. The van der Waals surface area contributed by atoms with Gasteiger partial charge in [-0.15, -0.1) is 0 Å². The average molecular weight is 235 g/mol. The number of hydrogen-bond acceptors (Lipinski definition) is 3. The molecule has 1 atom stereocenters. The molecule has 0 saturated heterocycles. The van der Waals surface area contributed by atoms with Crippen LogP contribution in [0.15, 0.2) is 30.8 Å². The van der Waals surface area contributed by atoms with Crippen molar-refractivity contribution in [2.45, 2.75) is 19.5 Å². The lowest BCUT2D eigenvalue weighted by atomic mass is 10.1. The van der Waals surface area contributed by atoms with Crippen molar-refractivity contribution in [2.75, 3.05) is 6.73 Å². The van der Waals surface area contributed by atoms with Gasteiger partial charge in [0.15, 0.2) is 0 Å². The lowest BCUT2D eigenvalue weighted by Crippen LogP contribution is -2.39. The lowest BCUT2D eigenvalue weighted by molar-refractivity contribution is -0.144. The van der Waals surface area contributed by atoms with Gasteiger partial charge in [0.25, 0.3) is 0 Å². The number of carboxylic acid groups (broad SMARTS) is 1. The molecule has 0 aromatic heterocycles. The summed E-state index contributed by atoms with van der Waals surface area (Å²) in [5.41, 5.74) is 1.90. The predicted octanol–water partition coefficient (Wildman–Crippen LogP) is 1.55. The molecule has 0 aliphatic rings. The molecule has 1 unspecified atom stereocenters. The van der Waals surface area contributed by atoms with Gasteiger partial charge < -0.3 is 10.2 Å². The smallest absolute Gasteiger partial charge is 0.320 e. The Kier molecular flexibility index (Phi) is 4.87. The maximum absolute atomic E-state index is 10.9. The van der Waals surface area contributed by atoms with E-state index in [-0.39, 0.29) is 6.73 Å². The van der Waals surface area contributed by atoms with Gasteiger partial charge >= 0.3 is 5.97 Å². The number of nitrogens with zero attached hydrogens (tertiary/aromatic N) is 1. The van der Waals surface area contributed by atoms with Crippen molar-refractivity contribution in [3.63, 3.8) is 0 Å². The van der Waals surface area contributed by atoms with Crippen molar-refractivity contribution in [3.8, 4) is 0 Å². The number of carboxylic acids is 1. The minimum Gasteiger partial charge on any atom is -0.480 e. The fourth-order valence-electron chi connectivity index (χ4n) is 1.56. The van der Waals surface area contributed by atoms with E-state index in [1.807, 2.05) is 24.3 Å². The second kappa shape index (κ2) is 6.18. The second-order valence-corrected chi connectivity index (χ2v) is 3.81. The van der Waals surface area contributed by atoms with Crippen LogP contribution in [0.25, 0.3) is 6.08 Å². The molecule has 92 valence electrons. The molecular weight excluding hydrogens is 218 g/mol. The van der Waals surface area contributed by atoms with Gasteiger partial charge in [0.1, 0.15) is 6.04 Å². The van der Waals surface area contributed by atoms with Crippen LogP contribution in [0.1, 0.15) is 18.1 Å². The summed E-state index contributed by atoms with van der Waals surface area (Å²) >= 11 is 0. The number of aliphatic hydroxyl groups excluding tert-OH is 1. The minimum absolute atomic E-state index is 0.293. The maximum Gasteiger partial charge on any atom is 0.320 e. The molecule has 0 saturated carbocycles. The van der Waals surface area contributed by atoms with Crippen molar-refractivity contribution in [1.29, 1.82) is 0 Å². The highest BCUT2D eigenvalue weighted by Gasteiger charge is 2.20. The van der Waals surface area contributed by atoms with Crippen LogP contribution in [-0.4, -0.2) is 33.9 Å². The molecule has 0 bridgehead atoms. The van der Waals surface area contributed by atoms with Gasteiger partial charge in [0, 0.05) is 6.54 Å². The summed E-state index contributed by atoms with van der Waals surface area (Å²) in [7, 11) is 0. The molecule has 1 rings (SSSR count). The van der Waals surface area contributed by atoms with Gasteiger partial charge in [-0.05, 0) is 18.1 Å². The minimum atomic E-state index is -0.949. The van der Waals surface area contributed by atoms with E-state index in [0.717, 1.165) is 11.1 Å². The summed E-state index contributed by atoms with van der Waals surface area (Å²) < 4.78 is 0. The Morgan fingerprint density at radius 1 is 1.53 bits per heavy atom. The van der Waals surface area contributed by atoms with E-state index in [4.69, 9.17) is 5.11 Å². The summed E-state index contributed by atoms with van der Waals surface area (Å²) in [6.45, 7) is 5.35. The zero-order valence-electron chi connectivity index (χ0n) is 9.84. The van der Waals surface area contributed by atoms with E-state index >= 15 is 0 Å². The molecule has 1 aromatic carbocycles. The standard InChI is InChI=1S/C13H17NO3/c1-3-11-6-4-5-7-12(11)8-14(9-15)10(2)13(16)17/h3-7,10,15H,1,8-9H2,2H3,(H,16,17). The Hall–Kier alpha value is -1.65. The molecule has 0 aliphatic carbocycles. The highest BCUT2D eigenvalue weighted by atomic mass is 16.4. The first-order valence-corrected chi connectivity index (χ1v) is 5.38. The van der Waals surface area contributed by atoms with Gasteiger partial charge in [0.2, 0.25) is 0 Å². The third-order valence-electron chi connectivity index (χ3n) is 2.74. The highest BCUT2D eigenvalue weighted by molar-refractivity contribution is 5.72. The first-order chi connectivity index (χ1) is 8.10. The number of aliphatic carboxylic acids is 1. The van der Waals surface area contributed by atoms with Crippen LogP contribution < -0.4 is 0 Å². The summed E-state index contributed by atoms with van der Waals surface area (Å²) in [6, 6.07) is 6.85. The molecule has 4 heteroatoms. The van der Waals surface area contributed by atoms with Crippen LogP contribution in [0.5, 0.6) is 0 Å². The monoisotopic (exact) mass is 235 g/mol. The normalized spacial score (nSPS) is 12.4. The lowest BCUT2D eigenvalue weighted by Gasteiger charge is -2.24. The van der Waals surface area contributed by atoms with Crippen molar-refractivity contribution in [3.05, 3.63) is 42.0 Å². The molecule has 0 radical (unpaired) electrons. The molecular formula is C13H17NO3. The van der Waals surface area contributed by atoms with E-state index < -0.39 is 12.0 Å². The summed E-state index contributed by atoms with van der Waals surface area (Å²) in [6.07, 6.45) is 1.72. The summed E-state index contributed by atoms with van der Waals surface area (Å²) in [5, 5.41) is 18.1. The number of hydrogen-bond donors (Lipinski definition) is 2. The molecule has 0 heterocycles.